The fourth-order valence-corrected chi connectivity index (χ4v) is 1.71. The van der Waals surface area contributed by atoms with E-state index in [9.17, 15) is 14.9 Å². The van der Waals surface area contributed by atoms with Crippen molar-refractivity contribution in [2.45, 2.75) is 6.92 Å². The van der Waals surface area contributed by atoms with E-state index < -0.39 is 10.7 Å². The molecule has 0 radical (unpaired) electrons. The van der Waals surface area contributed by atoms with E-state index in [2.05, 4.69) is 15.9 Å². The van der Waals surface area contributed by atoms with Gasteiger partial charge in [0.25, 0.3) is 5.69 Å². The molecule has 80 valence electrons. The number of ether oxygens (including phenoxy) is 1. The highest BCUT2D eigenvalue weighted by Gasteiger charge is 2.25. The van der Waals surface area contributed by atoms with Crippen molar-refractivity contribution in [2.24, 2.45) is 0 Å². The third-order valence-corrected chi connectivity index (χ3v) is 2.48. The van der Waals surface area contributed by atoms with Crippen LogP contribution in [-0.2, 0) is 0 Å². The molecule has 0 aliphatic heterocycles. The lowest BCUT2D eigenvalue weighted by molar-refractivity contribution is -0.386. The number of halogens is 1. The van der Waals surface area contributed by atoms with Crippen LogP contribution >= 0.6 is 15.9 Å². The molecule has 6 heteroatoms. The molecule has 1 aromatic rings. The molecule has 0 saturated heterocycles. The zero-order valence-electron chi connectivity index (χ0n) is 8.11. The van der Waals surface area contributed by atoms with E-state index in [-0.39, 0.29) is 21.5 Å². The SMILES string of the molecule is COc1ccc(Br)c([N+](=O)[O-])c1C(C)=O. The highest BCUT2D eigenvalue weighted by atomic mass is 79.9. The number of rotatable bonds is 3. The second-order valence-electron chi connectivity index (χ2n) is 2.79. The zero-order valence-corrected chi connectivity index (χ0v) is 9.70. The van der Waals surface area contributed by atoms with E-state index in [0.717, 1.165) is 0 Å². The first kappa shape index (κ1) is 11.6. The third-order valence-electron chi connectivity index (χ3n) is 1.85. The summed E-state index contributed by atoms with van der Waals surface area (Å²) < 4.78 is 5.17. The molecule has 0 atom stereocenters. The van der Waals surface area contributed by atoms with Gasteiger partial charge in [-0.1, -0.05) is 0 Å². The number of Topliss-reactive ketones (excluding diaryl/α,β-unsaturated/α-hetero) is 1. The minimum Gasteiger partial charge on any atom is -0.496 e. The molecule has 0 unspecified atom stereocenters. The van der Waals surface area contributed by atoms with Gasteiger partial charge in [0.15, 0.2) is 5.78 Å². The van der Waals surface area contributed by atoms with Gasteiger partial charge >= 0.3 is 0 Å². The quantitative estimate of drug-likeness (QED) is 0.482. The zero-order chi connectivity index (χ0) is 11.6. The van der Waals surface area contributed by atoms with Gasteiger partial charge in [0.2, 0.25) is 0 Å². The molecule has 0 aromatic heterocycles. The molecule has 0 aliphatic carbocycles. The Bertz CT molecular complexity index is 430. The Labute approximate surface area is 94.3 Å². The summed E-state index contributed by atoms with van der Waals surface area (Å²) in [4.78, 5) is 21.5. The Hall–Kier alpha value is -1.43. The summed E-state index contributed by atoms with van der Waals surface area (Å²) in [6, 6.07) is 2.98. The van der Waals surface area contributed by atoms with E-state index in [4.69, 9.17) is 4.74 Å². The van der Waals surface area contributed by atoms with E-state index in [1.807, 2.05) is 0 Å². The molecule has 1 aromatic carbocycles. The Kier molecular flexibility index (Phi) is 3.41. The number of ketones is 1. The van der Waals surface area contributed by atoms with E-state index in [1.165, 1.54) is 26.2 Å². The van der Waals surface area contributed by atoms with Crippen LogP contribution in [0.5, 0.6) is 5.75 Å². The standard InChI is InChI=1S/C9H8BrNO4/c1-5(12)8-7(15-2)4-3-6(10)9(8)11(13)14/h3-4H,1-2H3. The molecule has 0 amide bonds. The van der Waals surface area contributed by atoms with Crippen LogP contribution in [0.2, 0.25) is 0 Å². The summed E-state index contributed by atoms with van der Waals surface area (Å²) in [6.45, 7) is 1.26. The molecule has 15 heavy (non-hydrogen) atoms. The number of nitrogens with zero attached hydrogens (tertiary/aromatic N) is 1. The van der Waals surface area contributed by atoms with Crippen LogP contribution in [0.1, 0.15) is 17.3 Å². The fraction of sp³-hybridized carbons (Fsp3) is 0.222. The van der Waals surface area contributed by atoms with Crippen LogP contribution in [0, 0.1) is 10.1 Å². The lowest BCUT2D eigenvalue weighted by Gasteiger charge is -2.07. The third kappa shape index (κ3) is 2.15. The Morgan fingerprint density at radius 2 is 2.13 bits per heavy atom. The maximum absolute atomic E-state index is 11.3. The smallest absolute Gasteiger partial charge is 0.298 e. The summed E-state index contributed by atoms with van der Waals surface area (Å²) in [5.74, 6) is -0.197. The first-order chi connectivity index (χ1) is 6.99. The highest BCUT2D eigenvalue weighted by Crippen LogP contribution is 2.35. The van der Waals surface area contributed by atoms with Gasteiger partial charge in [0, 0.05) is 0 Å². The van der Waals surface area contributed by atoms with Crippen LogP contribution in [-0.4, -0.2) is 17.8 Å². The number of hydrogen-bond acceptors (Lipinski definition) is 4. The summed E-state index contributed by atoms with van der Waals surface area (Å²) in [5.41, 5.74) is -0.279. The number of carbonyl (C=O) groups is 1. The molecular formula is C9H8BrNO4. The molecule has 0 aliphatic rings. The fourth-order valence-electron chi connectivity index (χ4n) is 1.24. The van der Waals surface area contributed by atoms with Crippen molar-refractivity contribution in [3.05, 3.63) is 32.3 Å². The van der Waals surface area contributed by atoms with Crippen molar-refractivity contribution in [3.8, 4) is 5.75 Å². The van der Waals surface area contributed by atoms with Crippen LogP contribution < -0.4 is 4.74 Å². The van der Waals surface area contributed by atoms with Gasteiger partial charge in [0.1, 0.15) is 11.3 Å². The van der Waals surface area contributed by atoms with Crippen LogP contribution in [0.25, 0.3) is 0 Å². The van der Waals surface area contributed by atoms with Crippen molar-refractivity contribution in [2.75, 3.05) is 7.11 Å². The topological polar surface area (TPSA) is 69.4 Å². The number of methoxy groups -OCH3 is 1. The minimum absolute atomic E-state index is 0.0168. The van der Waals surface area contributed by atoms with Gasteiger partial charge in [-0.2, -0.15) is 0 Å². The first-order valence-electron chi connectivity index (χ1n) is 4.00. The molecular weight excluding hydrogens is 266 g/mol. The van der Waals surface area contributed by atoms with Gasteiger partial charge in [0.05, 0.1) is 16.5 Å². The molecule has 0 saturated carbocycles. The highest BCUT2D eigenvalue weighted by molar-refractivity contribution is 9.10. The molecule has 5 nitrogen and oxygen atoms in total. The Morgan fingerprint density at radius 1 is 1.53 bits per heavy atom. The minimum atomic E-state index is -0.608. The Balaban J connectivity index is 3.58. The number of hydrogen-bond donors (Lipinski definition) is 0. The summed E-state index contributed by atoms with van der Waals surface area (Å²) in [5, 5.41) is 10.8. The largest absolute Gasteiger partial charge is 0.496 e. The summed E-state index contributed by atoms with van der Waals surface area (Å²) >= 11 is 3.03. The van der Waals surface area contributed by atoms with Crippen molar-refractivity contribution in [1.82, 2.24) is 0 Å². The second-order valence-corrected chi connectivity index (χ2v) is 3.64. The van der Waals surface area contributed by atoms with Crippen molar-refractivity contribution < 1.29 is 14.5 Å². The van der Waals surface area contributed by atoms with Crippen LogP contribution in [0.3, 0.4) is 0 Å². The maximum Gasteiger partial charge on any atom is 0.298 e. The molecule has 0 heterocycles. The molecule has 0 bridgehead atoms. The lowest BCUT2D eigenvalue weighted by Crippen LogP contribution is -2.04. The first-order valence-corrected chi connectivity index (χ1v) is 4.80. The average molecular weight is 274 g/mol. The van der Waals surface area contributed by atoms with Crippen molar-refractivity contribution in [1.29, 1.82) is 0 Å². The summed E-state index contributed by atoms with van der Waals surface area (Å²) in [7, 11) is 1.36. The van der Waals surface area contributed by atoms with E-state index in [0.29, 0.717) is 0 Å². The van der Waals surface area contributed by atoms with Gasteiger partial charge < -0.3 is 4.74 Å². The predicted molar refractivity (Wildman–Crippen MR) is 57.4 cm³/mol. The van der Waals surface area contributed by atoms with Crippen molar-refractivity contribution in [3.63, 3.8) is 0 Å². The molecule has 0 spiro atoms. The molecule has 1 rings (SSSR count). The summed E-state index contributed by atoms with van der Waals surface area (Å²) in [6.07, 6.45) is 0. The van der Waals surface area contributed by atoms with Gasteiger partial charge in [-0.25, -0.2) is 0 Å². The van der Waals surface area contributed by atoms with Crippen LogP contribution in [0.15, 0.2) is 16.6 Å². The van der Waals surface area contributed by atoms with E-state index >= 15 is 0 Å². The number of nitro groups is 1. The second kappa shape index (κ2) is 4.39. The maximum atomic E-state index is 11.3. The number of nitro benzene ring substituents is 1. The molecule has 0 fully saturated rings. The Morgan fingerprint density at radius 3 is 2.53 bits per heavy atom. The number of carbonyl (C=O) groups excluding carboxylic acids is 1. The normalized spacial score (nSPS) is 9.80. The predicted octanol–water partition coefficient (Wildman–Crippen LogP) is 2.57. The monoisotopic (exact) mass is 273 g/mol. The van der Waals surface area contributed by atoms with E-state index in [1.54, 1.807) is 0 Å². The van der Waals surface area contributed by atoms with Crippen molar-refractivity contribution >= 4 is 27.4 Å². The average Bonchev–Trinajstić information content (AvgIpc) is 2.16. The van der Waals surface area contributed by atoms with Gasteiger partial charge in [-0.05, 0) is 35.0 Å². The number of benzene rings is 1. The van der Waals surface area contributed by atoms with Gasteiger partial charge in [-0.3, -0.25) is 14.9 Å². The van der Waals surface area contributed by atoms with Gasteiger partial charge in [-0.15, -0.1) is 0 Å². The molecule has 0 N–H and O–H groups in total. The lowest BCUT2D eigenvalue weighted by atomic mass is 10.1. The van der Waals surface area contributed by atoms with Crippen LogP contribution in [0.4, 0.5) is 5.69 Å².